The van der Waals surface area contributed by atoms with Gasteiger partial charge in [0.15, 0.2) is 5.89 Å². The van der Waals surface area contributed by atoms with Gasteiger partial charge in [-0.1, -0.05) is 23.4 Å². The van der Waals surface area contributed by atoms with Gasteiger partial charge in [-0.3, -0.25) is 4.79 Å². The molecule has 21 heavy (non-hydrogen) atoms. The molecular weight excluding hydrogens is 292 g/mol. The molecule has 108 valence electrons. The third-order valence-electron chi connectivity index (χ3n) is 2.64. The number of carbonyl (C=O) groups is 1. The summed E-state index contributed by atoms with van der Waals surface area (Å²) in [6, 6.07) is 4.89. The minimum Gasteiger partial charge on any atom is -0.436 e. The Labute approximate surface area is 127 Å². The topological polar surface area (TPSA) is 75.4 Å². The van der Waals surface area contributed by atoms with E-state index >= 15 is 0 Å². The van der Waals surface area contributed by atoms with E-state index in [-0.39, 0.29) is 12.4 Å². The molecule has 0 saturated heterocycles. The van der Waals surface area contributed by atoms with E-state index in [0.717, 1.165) is 0 Å². The van der Waals surface area contributed by atoms with Gasteiger partial charge in [0.25, 0.3) is 5.91 Å². The molecule has 0 bridgehead atoms. The zero-order valence-corrected chi connectivity index (χ0v) is 12.3. The van der Waals surface area contributed by atoms with Crippen molar-refractivity contribution in [2.24, 2.45) is 0 Å². The summed E-state index contributed by atoms with van der Waals surface area (Å²) in [5.41, 5.74) is 1.51. The van der Waals surface area contributed by atoms with E-state index in [1.165, 1.54) is 0 Å². The first-order chi connectivity index (χ1) is 10.0. The summed E-state index contributed by atoms with van der Waals surface area (Å²) in [6.07, 6.45) is 0. The molecule has 2 N–H and O–H groups in total. The number of oxazole rings is 1. The number of nitrogens with one attached hydrogen (secondary N) is 1. The molecule has 6 heteroatoms. The first-order valence-corrected chi connectivity index (χ1v) is 6.53. The van der Waals surface area contributed by atoms with Crippen molar-refractivity contribution in [2.75, 3.05) is 11.9 Å². The highest BCUT2D eigenvalue weighted by atomic mass is 35.5. The third-order valence-corrected chi connectivity index (χ3v) is 2.88. The second kappa shape index (κ2) is 6.44. The van der Waals surface area contributed by atoms with Crippen LogP contribution in [0.4, 0.5) is 5.69 Å². The highest BCUT2D eigenvalue weighted by Gasteiger charge is 2.17. The van der Waals surface area contributed by atoms with Gasteiger partial charge in [0.1, 0.15) is 6.61 Å². The number of aliphatic hydroxyl groups is 1. The Bertz CT molecular complexity index is 741. The van der Waals surface area contributed by atoms with Gasteiger partial charge >= 0.3 is 0 Å². The monoisotopic (exact) mass is 304 g/mol. The Morgan fingerprint density at radius 2 is 2.24 bits per heavy atom. The number of benzene rings is 1. The van der Waals surface area contributed by atoms with Gasteiger partial charge in [0.2, 0.25) is 5.76 Å². The van der Waals surface area contributed by atoms with E-state index in [1.54, 1.807) is 32.0 Å². The zero-order valence-electron chi connectivity index (χ0n) is 11.5. The zero-order chi connectivity index (χ0) is 15.4. The number of nitrogens with zero attached hydrogens (tertiary/aromatic N) is 1. The lowest BCUT2D eigenvalue weighted by Gasteiger charge is -2.06. The molecule has 0 aliphatic rings. The minimum atomic E-state index is -0.414. The largest absolute Gasteiger partial charge is 0.436 e. The molecule has 1 heterocycles. The fourth-order valence-electron chi connectivity index (χ4n) is 1.78. The molecule has 1 aromatic carbocycles. The molecular formula is C15H13ClN2O3. The van der Waals surface area contributed by atoms with Crippen molar-refractivity contribution in [3.8, 4) is 11.8 Å². The second-order valence-electron chi connectivity index (χ2n) is 4.25. The van der Waals surface area contributed by atoms with Gasteiger partial charge in [-0.05, 0) is 25.1 Å². The molecule has 0 aliphatic heterocycles. The minimum absolute atomic E-state index is 0.156. The lowest BCUT2D eigenvalue weighted by molar-refractivity contribution is 0.0994. The highest BCUT2D eigenvalue weighted by Crippen LogP contribution is 2.21. The Hall–Kier alpha value is -2.29. The van der Waals surface area contributed by atoms with Crippen LogP contribution in [-0.4, -0.2) is 22.6 Å². The highest BCUT2D eigenvalue weighted by molar-refractivity contribution is 6.30. The molecule has 0 spiro atoms. The number of rotatable bonds is 2. The summed E-state index contributed by atoms with van der Waals surface area (Å²) in [5.74, 6) is 5.42. The fourth-order valence-corrected chi connectivity index (χ4v) is 1.96. The van der Waals surface area contributed by atoms with E-state index in [4.69, 9.17) is 21.1 Å². The maximum atomic E-state index is 12.2. The lowest BCUT2D eigenvalue weighted by atomic mass is 10.1. The molecule has 2 aromatic rings. The summed E-state index contributed by atoms with van der Waals surface area (Å²) in [7, 11) is 0. The van der Waals surface area contributed by atoms with Gasteiger partial charge in [0.05, 0.1) is 11.4 Å². The summed E-state index contributed by atoms with van der Waals surface area (Å²) in [5, 5.41) is 12.0. The molecule has 5 nitrogen and oxygen atoms in total. The van der Waals surface area contributed by atoms with Crippen molar-refractivity contribution in [3.05, 3.63) is 46.1 Å². The molecule has 0 fully saturated rings. The first kappa shape index (κ1) is 15.1. The molecule has 0 radical (unpaired) electrons. The molecule has 0 saturated carbocycles. The van der Waals surface area contributed by atoms with Crippen LogP contribution in [0.2, 0.25) is 5.02 Å². The Kier molecular flexibility index (Phi) is 4.63. The fraction of sp³-hybridized carbons (Fsp3) is 0.200. The smallest absolute Gasteiger partial charge is 0.293 e. The number of halogens is 1. The maximum Gasteiger partial charge on any atom is 0.293 e. The van der Waals surface area contributed by atoms with Crippen LogP contribution >= 0.6 is 11.6 Å². The van der Waals surface area contributed by atoms with Crippen molar-refractivity contribution in [1.82, 2.24) is 4.98 Å². The van der Waals surface area contributed by atoms with Gasteiger partial charge < -0.3 is 14.8 Å². The number of hydrogen-bond donors (Lipinski definition) is 2. The average molecular weight is 305 g/mol. The average Bonchev–Trinajstić information content (AvgIpc) is 2.78. The Balaban J connectivity index is 2.31. The predicted octanol–water partition coefficient (Wildman–Crippen LogP) is 2.54. The SMILES string of the molecule is Cc1nc(C)c(C(=O)Nc2ccc(Cl)cc2C#CCO)o1. The molecule has 1 amide bonds. The van der Waals surface area contributed by atoms with Crippen molar-refractivity contribution in [2.45, 2.75) is 13.8 Å². The van der Waals surface area contributed by atoms with Gasteiger partial charge in [-0.15, -0.1) is 0 Å². The van der Waals surface area contributed by atoms with E-state index in [0.29, 0.717) is 27.9 Å². The number of carbonyl (C=O) groups excluding carboxylic acids is 1. The van der Waals surface area contributed by atoms with Crippen LogP contribution in [0, 0.1) is 25.7 Å². The third kappa shape index (κ3) is 3.63. The number of amides is 1. The van der Waals surface area contributed by atoms with Crippen LogP contribution in [0.1, 0.15) is 27.7 Å². The van der Waals surface area contributed by atoms with Crippen LogP contribution < -0.4 is 5.32 Å². The van der Waals surface area contributed by atoms with Crippen LogP contribution in [0.5, 0.6) is 0 Å². The van der Waals surface area contributed by atoms with Gasteiger partial charge in [-0.25, -0.2) is 4.98 Å². The van der Waals surface area contributed by atoms with Gasteiger partial charge in [-0.2, -0.15) is 0 Å². The van der Waals surface area contributed by atoms with Gasteiger partial charge in [0, 0.05) is 17.5 Å². The van der Waals surface area contributed by atoms with E-state index < -0.39 is 5.91 Å². The maximum absolute atomic E-state index is 12.2. The van der Waals surface area contributed by atoms with Crippen LogP contribution in [-0.2, 0) is 0 Å². The van der Waals surface area contributed by atoms with E-state index in [1.807, 2.05) is 0 Å². The Morgan fingerprint density at radius 1 is 1.48 bits per heavy atom. The number of aromatic nitrogens is 1. The molecule has 0 atom stereocenters. The molecule has 2 rings (SSSR count). The van der Waals surface area contributed by atoms with Crippen molar-refractivity contribution in [1.29, 1.82) is 0 Å². The van der Waals surface area contributed by atoms with Crippen LogP contribution in [0.15, 0.2) is 22.6 Å². The molecule has 0 unspecified atom stereocenters. The number of hydrogen-bond acceptors (Lipinski definition) is 4. The number of aryl methyl sites for hydroxylation is 2. The first-order valence-electron chi connectivity index (χ1n) is 6.16. The Morgan fingerprint density at radius 3 is 2.86 bits per heavy atom. The number of aliphatic hydroxyl groups excluding tert-OH is 1. The summed E-state index contributed by atoms with van der Waals surface area (Å²) < 4.78 is 5.27. The predicted molar refractivity (Wildman–Crippen MR) is 79.3 cm³/mol. The summed E-state index contributed by atoms with van der Waals surface area (Å²) >= 11 is 5.91. The number of anilines is 1. The quantitative estimate of drug-likeness (QED) is 0.836. The van der Waals surface area contributed by atoms with Crippen molar-refractivity contribution >= 4 is 23.2 Å². The standard InChI is InChI=1S/C15H13ClN2O3/c1-9-14(21-10(2)17-9)15(20)18-13-6-5-12(16)8-11(13)4-3-7-19/h5-6,8,19H,7H2,1-2H3,(H,18,20). The normalized spacial score (nSPS) is 9.90. The van der Waals surface area contributed by atoms with E-state index in [9.17, 15) is 4.79 Å². The second-order valence-corrected chi connectivity index (χ2v) is 4.69. The summed E-state index contributed by atoms with van der Waals surface area (Å²) in [4.78, 5) is 16.2. The molecule has 1 aromatic heterocycles. The molecule has 0 aliphatic carbocycles. The van der Waals surface area contributed by atoms with E-state index in [2.05, 4.69) is 22.1 Å². The van der Waals surface area contributed by atoms with Crippen LogP contribution in [0.3, 0.4) is 0 Å². The lowest BCUT2D eigenvalue weighted by Crippen LogP contribution is -2.13. The van der Waals surface area contributed by atoms with Crippen molar-refractivity contribution in [3.63, 3.8) is 0 Å². The van der Waals surface area contributed by atoms with Crippen LogP contribution in [0.25, 0.3) is 0 Å². The van der Waals surface area contributed by atoms with Crippen molar-refractivity contribution < 1.29 is 14.3 Å². The summed E-state index contributed by atoms with van der Waals surface area (Å²) in [6.45, 7) is 3.09.